The van der Waals surface area contributed by atoms with Crippen LogP contribution in [0.4, 0.5) is 0 Å². The summed E-state index contributed by atoms with van der Waals surface area (Å²) in [7, 11) is 1.60. The Bertz CT molecular complexity index is 441. The zero-order valence-electron chi connectivity index (χ0n) is 13.7. The first-order valence-corrected chi connectivity index (χ1v) is 8.10. The predicted octanol–water partition coefficient (Wildman–Crippen LogP) is 4.11. The number of hydrogen-bond donors (Lipinski definition) is 2. The first-order valence-electron chi connectivity index (χ1n) is 8.10. The maximum absolute atomic E-state index is 10.9. The Labute approximate surface area is 133 Å². The van der Waals surface area contributed by atoms with Crippen LogP contribution in [0.5, 0.6) is 5.75 Å². The van der Waals surface area contributed by atoms with Gasteiger partial charge in [0.15, 0.2) is 0 Å². The van der Waals surface area contributed by atoms with Crippen LogP contribution in [-0.2, 0) is 10.4 Å². The summed E-state index contributed by atoms with van der Waals surface area (Å²) in [5.74, 6) is -0.148. The zero-order valence-corrected chi connectivity index (χ0v) is 13.7. The molecule has 0 bridgehead atoms. The Morgan fingerprint density at radius 3 is 2.27 bits per heavy atom. The molecule has 2 N–H and O–H groups in total. The summed E-state index contributed by atoms with van der Waals surface area (Å²) in [5.41, 5.74) is -0.304. The van der Waals surface area contributed by atoms with Gasteiger partial charge in [0.1, 0.15) is 5.75 Å². The lowest BCUT2D eigenvalue weighted by Gasteiger charge is -2.28. The zero-order chi connectivity index (χ0) is 16.4. The first kappa shape index (κ1) is 18.5. The van der Waals surface area contributed by atoms with Gasteiger partial charge in [-0.2, -0.15) is 0 Å². The summed E-state index contributed by atoms with van der Waals surface area (Å²) in [6.07, 6.45) is 6.32. The average Bonchev–Trinajstić information content (AvgIpc) is 2.53. The molecule has 0 aliphatic carbocycles. The van der Waals surface area contributed by atoms with Crippen LogP contribution in [0.15, 0.2) is 24.3 Å². The number of hydrogen-bond acceptors (Lipinski definition) is 3. The van der Waals surface area contributed by atoms with E-state index in [1.807, 2.05) is 12.1 Å². The summed E-state index contributed by atoms with van der Waals surface area (Å²) in [5, 5.41) is 19.9. The number of aliphatic hydroxyl groups is 1. The van der Waals surface area contributed by atoms with Crippen LogP contribution in [0.1, 0.15) is 63.9 Å². The molecule has 1 unspecified atom stereocenters. The van der Waals surface area contributed by atoms with Gasteiger partial charge in [-0.1, -0.05) is 51.2 Å². The summed E-state index contributed by atoms with van der Waals surface area (Å²) in [6.45, 7) is 2.17. The highest BCUT2D eigenvalue weighted by molar-refractivity contribution is 5.66. The van der Waals surface area contributed by atoms with Crippen LogP contribution in [0.25, 0.3) is 0 Å². The fourth-order valence-electron chi connectivity index (χ4n) is 2.65. The molecule has 1 aromatic rings. The number of methoxy groups -OCH3 is 1. The molecule has 124 valence electrons. The van der Waals surface area contributed by atoms with Crippen molar-refractivity contribution < 1.29 is 19.7 Å². The standard InChI is InChI=1S/C18H28O4/c1-3-4-5-6-7-13-18(21,14-12-17(19)20)15-8-10-16(22-2)11-9-15/h8-11,21H,3-7,12-14H2,1-2H3,(H,19,20). The second-order valence-electron chi connectivity index (χ2n) is 5.82. The second-order valence-corrected chi connectivity index (χ2v) is 5.82. The van der Waals surface area contributed by atoms with Crippen LogP contribution >= 0.6 is 0 Å². The van der Waals surface area contributed by atoms with Gasteiger partial charge in [0.2, 0.25) is 0 Å². The minimum Gasteiger partial charge on any atom is -0.497 e. The molecule has 4 heteroatoms. The van der Waals surface area contributed by atoms with Crippen LogP contribution in [0.3, 0.4) is 0 Å². The van der Waals surface area contributed by atoms with Crippen molar-refractivity contribution in [2.45, 2.75) is 63.9 Å². The molecule has 0 spiro atoms. The van der Waals surface area contributed by atoms with Crippen LogP contribution in [0.2, 0.25) is 0 Å². The van der Waals surface area contributed by atoms with Gasteiger partial charge in [-0.05, 0) is 30.5 Å². The molecule has 0 aromatic heterocycles. The molecule has 4 nitrogen and oxygen atoms in total. The Morgan fingerprint density at radius 1 is 1.09 bits per heavy atom. The van der Waals surface area contributed by atoms with Crippen molar-refractivity contribution in [2.75, 3.05) is 7.11 Å². The Kier molecular flexibility index (Phi) is 7.96. The fraction of sp³-hybridized carbons (Fsp3) is 0.611. The van der Waals surface area contributed by atoms with Crippen molar-refractivity contribution in [1.29, 1.82) is 0 Å². The maximum atomic E-state index is 10.9. The van der Waals surface area contributed by atoms with Crippen molar-refractivity contribution >= 4 is 5.97 Å². The molecule has 22 heavy (non-hydrogen) atoms. The minimum atomic E-state index is -1.07. The molecule has 0 heterocycles. The van der Waals surface area contributed by atoms with E-state index >= 15 is 0 Å². The topological polar surface area (TPSA) is 66.8 Å². The molecule has 0 aliphatic rings. The van der Waals surface area contributed by atoms with Crippen molar-refractivity contribution in [2.24, 2.45) is 0 Å². The first-order chi connectivity index (χ1) is 10.5. The SMILES string of the molecule is CCCCCCCC(O)(CCC(=O)O)c1ccc(OC)cc1. The van der Waals surface area contributed by atoms with E-state index in [0.29, 0.717) is 6.42 Å². The number of ether oxygens (including phenoxy) is 1. The summed E-state index contributed by atoms with van der Waals surface area (Å²) in [4.78, 5) is 10.9. The molecule has 1 rings (SSSR count). The van der Waals surface area contributed by atoms with Gasteiger partial charge < -0.3 is 14.9 Å². The predicted molar refractivity (Wildman–Crippen MR) is 87.1 cm³/mol. The van der Waals surface area contributed by atoms with Crippen LogP contribution < -0.4 is 4.74 Å². The van der Waals surface area contributed by atoms with E-state index in [0.717, 1.165) is 30.6 Å². The highest BCUT2D eigenvalue weighted by Gasteiger charge is 2.29. The molecular formula is C18H28O4. The summed E-state index contributed by atoms with van der Waals surface area (Å²) < 4.78 is 5.13. The van der Waals surface area contributed by atoms with E-state index in [1.54, 1.807) is 19.2 Å². The maximum Gasteiger partial charge on any atom is 0.303 e. The minimum absolute atomic E-state index is 0.0303. The van der Waals surface area contributed by atoms with E-state index in [4.69, 9.17) is 9.84 Å². The van der Waals surface area contributed by atoms with Crippen molar-refractivity contribution in [1.82, 2.24) is 0 Å². The Hall–Kier alpha value is -1.55. The van der Waals surface area contributed by atoms with E-state index in [1.165, 1.54) is 12.8 Å². The second kappa shape index (κ2) is 9.46. The molecular weight excluding hydrogens is 280 g/mol. The number of carbonyl (C=O) groups is 1. The molecule has 0 radical (unpaired) electrons. The number of unbranched alkanes of at least 4 members (excludes halogenated alkanes) is 4. The smallest absolute Gasteiger partial charge is 0.303 e. The van der Waals surface area contributed by atoms with Gasteiger partial charge in [-0.3, -0.25) is 4.79 Å². The largest absolute Gasteiger partial charge is 0.497 e. The monoisotopic (exact) mass is 308 g/mol. The third-order valence-electron chi connectivity index (χ3n) is 4.07. The molecule has 0 saturated heterocycles. The fourth-order valence-corrected chi connectivity index (χ4v) is 2.65. The number of carboxylic acid groups (broad SMARTS) is 1. The third kappa shape index (κ3) is 6.06. The highest BCUT2D eigenvalue weighted by Crippen LogP contribution is 2.33. The molecule has 1 atom stereocenters. The molecule has 1 aromatic carbocycles. The number of rotatable bonds is 11. The molecule has 0 aliphatic heterocycles. The summed E-state index contributed by atoms with van der Waals surface area (Å²) >= 11 is 0. The van der Waals surface area contributed by atoms with E-state index in [-0.39, 0.29) is 12.8 Å². The van der Waals surface area contributed by atoms with Gasteiger partial charge in [0.25, 0.3) is 0 Å². The molecule has 0 fully saturated rings. The number of benzene rings is 1. The average molecular weight is 308 g/mol. The van der Waals surface area contributed by atoms with E-state index in [9.17, 15) is 9.90 Å². The van der Waals surface area contributed by atoms with Crippen LogP contribution in [-0.4, -0.2) is 23.3 Å². The Morgan fingerprint density at radius 2 is 1.73 bits per heavy atom. The van der Waals surface area contributed by atoms with Gasteiger partial charge in [-0.25, -0.2) is 0 Å². The number of aliphatic carboxylic acids is 1. The highest BCUT2D eigenvalue weighted by atomic mass is 16.5. The molecule has 0 amide bonds. The summed E-state index contributed by atoms with van der Waals surface area (Å²) in [6, 6.07) is 7.26. The lowest BCUT2D eigenvalue weighted by Crippen LogP contribution is -2.26. The normalized spacial score (nSPS) is 13.6. The van der Waals surface area contributed by atoms with Gasteiger partial charge in [-0.15, -0.1) is 0 Å². The Balaban J connectivity index is 2.73. The van der Waals surface area contributed by atoms with Crippen molar-refractivity contribution in [3.05, 3.63) is 29.8 Å². The van der Waals surface area contributed by atoms with Crippen molar-refractivity contribution in [3.8, 4) is 5.75 Å². The third-order valence-corrected chi connectivity index (χ3v) is 4.07. The van der Waals surface area contributed by atoms with Gasteiger partial charge >= 0.3 is 5.97 Å². The van der Waals surface area contributed by atoms with E-state index in [2.05, 4.69) is 6.92 Å². The van der Waals surface area contributed by atoms with E-state index < -0.39 is 11.6 Å². The quantitative estimate of drug-likeness (QED) is 0.604. The van der Waals surface area contributed by atoms with Gasteiger partial charge in [0.05, 0.1) is 12.7 Å². The van der Waals surface area contributed by atoms with Crippen molar-refractivity contribution in [3.63, 3.8) is 0 Å². The number of carboxylic acids is 1. The molecule has 0 saturated carbocycles. The van der Waals surface area contributed by atoms with Gasteiger partial charge in [0, 0.05) is 6.42 Å². The lowest BCUT2D eigenvalue weighted by molar-refractivity contribution is -0.138. The van der Waals surface area contributed by atoms with Crippen LogP contribution in [0, 0.1) is 0 Å². The lowest BCUT2D eigenvalue weighted by atomic mass is 9.84.